The maximum Gasteiger partial charge on any atom is 0.296 e. The van der Waals surface area contributed by atoms with Crippen molar-refractivity contribution < 1.29 is 38.4 Å². The molecule has 5 rings (SSSR count). The highest BCUT2D eigenvalue weighted by Crippen LogP contribution is 2.51. The molecule has 0 bridgehead atoms. The van der Waals surface area contributed by atoms with Gasteiger partial charge >= 0.3 is 0 Å². The van der Waals surface area contributed by atoms with Crippen molar-refractivity contribution in [2.45, 2.75) is 41.4 Å². The van der Waals surface area contributed by atoms with Crippen molar-refractivity contribution in [1.82, 2.24) is 0 Å². The predicted molar refractivity (Wildman–Crippen MR) is 180 cm³/mol. The first kappa shape index (κ1) is 34.5. The zero-order valence-electron chi connectivity index (χ0n) is 26.5. The molecule has 9 nitrogen and oxygen atoms in total. The average Bonchev–Trinajstić information content (AvgIpc) is 3.43. The summed E-state index contributed by atoms with van der Waals surface area (Å²) in [6.45, 7) is 2.92. The van der Waals surface area contributed by atoms with Gasteiger partial charge in [0.15, 0.2) is 9.84 Å². The van der Waals surface area contributed by atoms with Crippen LogP contribution in [0.4, 0.5) is 0 Å². The van der Waals surface area contributed by atoms with Crippen molar-refractivity contribution >= 4 is 41.2 Å². The molecular formula is C35H36O9S3. The number of ether oxygens (including phenoxy) is 1. The van der Waals surface area contributed by atoms with Crippen LogP contribution in [0.3, 0.4) is 0 Å². The molecule has 0 heterocycles. The van der Waals surface area contributed by atoms with E-state index in [-0.39, 0.29) is 40.7 Å². The molecule has 0 radical (unpaired) electrons. The fourth-order valence-corrected chi connectivity index (χ4v) is 8.12. The Morgan fingerprint density at radius 2 is 0.915 bits per heavy atom. The van der Waals surface area contributed by atoms with Gasteiger partial charge in [-0.25, -0.2) is 8.42 Å². The molecule has 0 spiro atoms. The van der Waals surface area contributed by atoms with Crippen LogP contribution in [-0.4, -0.2) is 51.8 Å². The third-order valence-corrected chi connectivity index (χ3v) is 11.9. The van der Waals surface area contributed by atoms with Crippen molar-refractivity contribution in [3.63, 3.8) is 0 Å². The highest BCUT2D eigenvalue weighted by atomic mass is 32.2. The minimum absolute atomic E-state index is 0.0237. The highest BCUT2D eigenvalue weighted by Gasteiger charge is 2.43. The van der Waals surface area contributed by atoms with Crippen molar-refractivity contribution in [1.29, 1.82) is 0 Å². The lowest BCUT2D eigenvalue weighted by molar-refractivity contribution is 0.0982. The summed E-state index contributed by atoms with van der Waals surface area (Å²) in [5.41, 5.74) is 3.72. The lowest BCUT2D eigenvalue weighted by Gasteiger charge is -2.29. The average molecular weight is 697 g/mol. The van der Waals surface area contributed by atoms with Crippen molar-refractivity contribution in [2.24, 2.45) is 5.41 Å². The number of benzene rings is 4. The molecule has 0 atom stereocenters. The van der Waals surface area contributed by atoms with E-state index in [1.165, 1.54) is 36.4 Å². The summed E-state index contributed by atoms with van der Waals surface area (Å²) in [5, 5.41) is 0. The molecule has 0 aliphatic heterocycles. The standard InChI is InChI=1S/C35H36O9S3/c1-25-5-15-31(16-6-25)46(38,39)43-23-35(24-44-47(40,41)32-17-7-26(2)8-18-32)21-33(27-9-13-29(42-3)14-10-27)34(22-35)28-11-19-30(20-12-28)45(4,36)37/h5-20H,21-24H2,1-4H3. The van der Waals surface area contributed by atoms with Crippen LogP contribution in [0.25, 0.3) is 11.1 Å². The lowest BCUT2D eigenvalue weighted by atomic mass is 9.84. The fraction of sp³-hybridized carbons (Fsp3) is 0.257. The largest absolute Gasteiger partial charge is 0.497 e. The number of methoxy groups -OCH3 is 1. The second-order valence-corrected chi connectivity index (χ2v) is 17.1. The Morgan fingerprint density at radius 3 is 1.28 bits per heavy atom. The van der Waals surface area contributed by atoms with Crippen LogP contribution in [0.5, 0.6) is 5.75 Å². The monoisotopic (exact) mass is 696 g/mol. The van der Waals surface area contributed by atoms with Gasteiger partial charge in [-0.15, -0.1) is 0 Å². The van der Waals surface area contributed by atoms with E-state index < -0.39 is 35.5 Å². The summed E-state index contributed by atoms with van der Waals surface area (Å²) in [5.74, 6) is 0.637. The molecule has 0 amide bonds. The summed E-state index contributed by atoms with van der Waals surface area (Å²) in [4.78, 5) is 0.103. The molecule has 47 heavy (non-hydrogen) atoms. The minimum atomic E-state index is -4.22. The minimum Gasteiger partial charge on any atom is -0.497 e. The molecule has 4 aromatic rings. The Morgan fingerprint density at radius 1 is 0.553 bits per heavy atom. The maximum absolute atomic E-state index is 13.3. The molecule has 0 unspecified atom stereocenters. The summed E-state index contributed by atoms with van der Waals surface area (Å²) in [7, 11) is -10.3. The van der Waals surface area contributed by atoms with Gasteiger partial charge < -0.3 is 4.74 Å². The first-order chi connectivity index (χ1) is 22.1. The van der Waals surface area contributed by atoms with E-state index in [0.717, 1.165) is 34.1 Å². The number of allylic oxidation sites excluding steroid dienone is 2. The van der Waals surface area contributed by atoms with Crippen molar-refractivity contribution in [3.8, 4) is 5.75 Å². The molecule has 0 fully saturated rings. The van der Waals surface area contributed by atoms with Crippen LogP contribution in [0.15, 0.2) is 112 Å². The Balaban J connectivity index is 1.56. The van der Waals surface area contributed by atoms with Gasteiger partial charge in [0.2, 0.25) is 0 Å². The summed E-state index contributed by atoms with van der Waals surface area (Å²) >= 11 is 0. The van der Waals surface area contributed by atoms with Gasteiger partial charge in [0, 0.05) is 11.7 Å². The maximum atomic E-state index is 13.3. The normalized spacial score (nSPS) is 15.1. The highest BCUT2D eigenvalue weighted by molar-refractivity contribution is 7.90. The van der Waals surface area contributed by atoms with Crippen molar-refractivity contribution in [3.05, 3.63) is 119 Å². The molecular weight excluding hydrogens is 661 g/mol. The number of sulfone groups is 1. The van der Waals surface area contributed by atoms with Gasteiger partial charge in [-0.3, -0.25) is 8.37 Å². The summed E-state index contributed by atoms with van der Waals surface area (Å²) in [6, 6.07) is 26.2. The SMILES string of the molecule is COc1ccc(C2=C(c3ccc(S(C)(=O)=O)cc3)CC(COS(=O)(=O)c3ccc(C)cc3)(COS(=O)(=O)c3ccc(C)cc3)C2)cc1. The van der Waals surface area contributed by atoms with E-state index in [2.05, 4.69) is 0 Å². The molecule has 12 heteroatoms. The van der Waals surface area contributed by atoms with Crippen molar-refractivity contribution in [2.75, 3.05) is 26.6 Å². The number of hydrogen-bond acceptors (Lipinski definition) is 9. The van der Waals surface area contributed by atoms with E-state index in [1.807, 2.05) is 26.0 Å². The van der Waals surface area contributed by atoms with Gasteiger partial charge in [-0.2, -0.15) is 16.8 Å². The van der Waals surface area contributed by atoms with E-state index in [0.29, 0.717) is 11.3 Å². The molecule has 0 saturated heterocycles. The fourth-order valence-electron chi connectivity index (χ4n) is 5.47. The van der Waals surface area contributed by atoms with Gasteiger partial charge in [-0.05, 0) is 97.5 Å². The van der Waals surface area contributed by atoms with Crippen LogP contribution in [0, 0.1) is 19.3 Å². The van der Waals surface area contributed by atoms with Crippen LogP contribution in [-0.2, 0) is 38.4 Å². The second kappa shape index (κ2) is 13.4. The van der Waals surface area contributed by atoms with E-state index in [9.17, 15) is 25.3 Å². The Bertz CT molecular complexity index is 2020. The van der Waals surface area contributed by atoms with Gasteiger partial charge in [-0.1, -0.05) is 59.7 Å². The third-order valence-electron chi connectivity index (χ3n) is 8.20. The molecule has 4 aromatic carbocycles. The molecule has 0 saturated carbocycles. The number of hydrogen-bond donors (Lipinski definition) is 0. The van der Waals surface area contributed by atoms with Crippen LogP contribution in [0.1, 0.15) is 35.1 Å². The van der Waals surface area contributed by atoms with Crippen LogP contribution in [0.2, 0.25) is 0 Å². The third kappa shape index (κ3) is 8.02. The zero-order valence-corrected chi connectivity index (χ0v) is 28.9. The van der Waals surface area contributed by atoms with E-state index in [4.69, 9.17) is 13.1 Å². The molecule has 1 aliphatic carbocycles. The van der Waals surface area contributed by atoms with Crippen LogP contribution >= 0.6 is 0 Å². The first-order valence-corrected chi connectivity index (χ1v) is 19.4. The zero-order chi connectivity index (χ0) is 34.0. The number of aryl methyl sites for hydroxylation is 2. The quantitative estimate of drug-likeness (QED) is 0.159. The summed E-state index contributed by atoms with van der Waals surface area (Å²) in [6.07, 6.45) is 1.51. The smallest absolute Gasteiger partial charge is 0.296 e. The van der Waals surface area contributed by atoms with Crippen LogP contribution < -0.4 is 4.74 Å². The molecule has 0 aromatic heterocycles. The Kier molecular flexibility index (Phi) is 9.82. The summed E-state index contributed by atoms with van der Waals surface area (Å²) < 4.78 is 94.4. The Labute approximate surface area is 277 Å². The second-order valence-electron chi connectivity index (χ2n) is 11.9. The van der Waals surface area contributed by atoms with Gasteiger partial charge in [0.25, 0.3) is 20.2 Å². The molecule has 248 valence electrons. The predicted octanol–water partition coefficient (Wildman–Crippen LogP) is 6.22. The topological polar surface area (TPSA) is 130 Å². The molecule has 1 aliphatic rings. The van der Waals surface area contributed by atoms with Gasteiger partial charge in [0.05, 0.1) is 35.0 Å². The molecule has 0 N–H and O–H groups in total. The Hall–Kier alpha value is -3.81. The first-order valence-electron chi connectivity index (χ1n) is 14.7. The lowest BCUT2D eigenvalue weighted by Crippen LogP contribution is -2.33. The van der Waals surface area contributed by atoms with E-state index >= 15 is 0 Å². The number of rotatable bonds is 12. The van der Waals surface area contributed by atoms with Gasteiger partial charge in [0.1, 0.15) is 5.75 Å². The van der Waals surface area contributed by atoms with E-state index in [1.54, 1.807) is 55.6 Å².